The van der Waals surface area contributed by atoms with E-state index in [-0.39, 0.29) is 11.9 Å². The molecule has 0 aliphatic rings. The highest BCUT2D eigenvalue weighted by atomic mass is 16.5. The molecule has 0 saturated carbocycles. The van der Waals surface area contributed by atoms with Crippen LogP contribution in [-0.2, 0) is 9.53 Å². The first-order valence-corrected chi connectivity index (χ1v) is 6.68. The van der Waals surface area contributed by atoms with Gasteiger partial charge in [-0.15, -0.1) is 0 Å². The van der Waals surface area contributed by atoms with Crippen LogP contribution in [-0.4, -0.2) is 24.0 Å². The zero-order chi connectivity index (χ0) is 15.9. The van der Waals surface area contributed by atoms with E-state index in [4.69, 9.17) is 0 Å². The first-order valence-electron chi connectivity index (χ1n) is 6.68. The van der Waals surface area contributed by atoms with Crippen molar-refractivity contribution < 1.29 is 14.3 Å². The maximum absolute atomic E-state index is 11.9. The quantitative estimate of drug-likeness (QED) is 0.696. The van der Waals surface area contributed by atoms with Gasteiger partial charge in [-0.25, -0.2) is 4.79 Å². The smallest absolute Gasteiger partial charge is 0.337 e. The van der Waals surface area contributed by atoms with Crippen molar-refractivity contribution in [2.45, 2.75) is 6.92 Å². The van der Waals surface area contributed by atoms with Crippen molar-refractivity contribution in [1.29, 1.82) is 0 Å². The molecule has 0 aliphatic carbocycles. The number of hydrogen-bond donors (Lipinski definition) is 1. The molecule has 0 aliphatic heterocycles. The van der Waals surface area contributed by atoms with Gasteiger partial charge in [0.05, 0.1) is 24.6 Å². The number of pyridine rings is 1. The molecule has 5 nitrogen and oxygen atoms in total. The first kappa shape index (κ1) is 15.4. The van der Waals surface area contributed by atoms with E-state index in [9.17, 15) is 9.59 Å². The van der Waals surface area contributed by atoms with Gasteiger partial charge in [0.25, 0.3) is 0 Å². The van der Waals surface area contributed by atoms with Gasteiger partial charge >= 0.3 is 5.97 Å². The fourth-order valence-electron chi connectivity index (χ4n) is 1.79. The third-order valence-corrected chi connectivity index (χ3v) is 3.06. The van der Waals surface area contributed by atoms with Gasteiger partial charge in [0.15, 0.2) is 0 Å². The highest BCUT2D eigenvalue weighted by Gasteiger charge is 2.04. The molecule has 0 atom stereocenters. The number of amides is 1. The Morgan fingerprint density at radius 3 is 2.55 bits per heavy atom. The summed E-state index contributed by atoms with van der Waals surface area (Å²) < 4.78 is 4.62. The topological polar surface area (TPSA) is 68.3 Å². The van der Waals surface area contributed by atoms with Crippen molar-refractivity contribution >= 4 is 23.6 Å². The molecule has 0 bridgehead atoms. The molecule has 112 valence electrons. The SMILES string of the molecule is COC(=O)c1ccc(C=CC(=O)Nc2cnccc2C)cc1. The fraction of sp³-hybridized carbons (Fsp3) is 0.118. The van der Waals surface area contributed by atoms with Crippen molar-refractivity contribution in [3.05, 3.63) is 65.5 Å². The van der Waals surface area contributed by atoms with E-state index < -0.39 is 0 Å². The molecule has 5 heteroatoms. The lowest BCUT2D eigenvalue weighted by Crippen LogP contribution is -2.09. The second kappa shape index (κ2) is 7.17. The second-order valence-corrected chi connectivity index (χ2v) is 4.63. The van der Waals surface area contributed by atoms with Crippen LogP contribution in [0, 0.1) is 6.92 Å². The number of ether oxygens (including phenoxy) is 1. The molecule has 1 amide bonds. The number of nitrogens with one attached hydrogen (secondary N) is 1. The lowest BCUT2D eigenvalue weighted by molar-refractivity contribution is -0.111. The van der Waals surface area contributed by atoms with Crippen molar-refractivity contribution in [3.63, 3.8) is 0 Å². The van der Waals surface area contributed by atoms with Crippen LogP contribution < -0.4 is 5.32 Å². The van der Waals surface area contributed by atoms with Gasteiger partial charge < -0.3 is 10.1 Å². The van der Waals surface area contributed by atoms with Crippen LogP contribution in [0.15, 0.2) is 48.8 Å². The monoisotopic (exact) mass is 296 g/mol. The summed E-state index contributed by atoms with van der Waals surface area (Å²) in [6.07, 6.45) is 6.37. The summed E-state index contributed by atoms with van der Waals surface area (Å²) in [5.41, 5.74) is 2.90. The Morgan fingerprint density at radius 2 is 1.91 bits per heavy atom. The number of carbonyl (C=O) groups excluding carboxylic acids is 2. The zero-order valence-electron chi connectivity index (χ0n) is 12.4. The van der Waals surface area contributed by atoms with Gasteiger partial charge in [-0.05, 0) is 42.3 Å². The van der Waals surface area contributed by atoms with Crippen LogP contribution in [0.4, 0.5) is 5.69 Å². The van der Waals surface area contributed by atoms with E-state index in [2.05, 4.69) is 15.0 Å². The molecule has 1 N–H and O–H groups in total. The summed E-state index contributed by atoms with van der Waals surface area (Å²) in [6.45, 7) is 1.90. The number of methoxy groups -OCH3 is 1. The van der Waals surface area contributed by atoms with Crippen molar-refractivity contribution in [1.82, 2.24) is 4.98 Å². The van der Waals surface area contributed by atoms with Crippen molar-refractivity contribution in [2.24, 2.45) is 0 Å². The third kappa shape index (κ3) is 4.02. The number of esters is 1. The minimum absolute atomic E-state index is 0.242. The Bertz CT molecular complexity index is 706. The van der Waals surface area contributed by atoms with Crippen LogP contribution in [0.3, 0.4) is 0 Å². The predicted molar refractivity (Wildman–Crippen MR) is 84.4 cm³/mol. The molecule has 22 heavy (non-hydrogen) atoms. The summed E-state index contributed by atoms with van der Waals surface area (Å²) in [5, 5.41) is 2.76. The van der Waals surface area contributed by atoms with E-state index in [1.54, 1.807) is 42.7 Å². The van der Waals surface area contributed by atoms with E-state index in [1.165, 1.54) is 13.2 Å². The lowest BCUT2D eigenvalue weighted by atomic mass is 10.1. The van der Waals surface area contributed by atoms with E-state index in [0.717, 1.165) is 11.1 Å². The summed E-state index contributed by atoms with van der Waals surface area (Å²) in [5.74, 6) is -0.631. The first-order chi connectivity index (χ1) is 10.6. The number of nitrogens with zero attached hydrogens (tertiary/aromatic N) is 1. The molecular formula is C17H16N2O3. The second-order valence-electron chi connectivity index (χ2n) is 4.63. The number of carbonyl (C=O) groups is 2. The number of rotatable bonds is 4. The van der Waals surface area contributed by atoms with E-state index in [0.29, 0.717) is 11.3 Å². The van der Waals surface area contributed by atoms with Crippen LogP contribution in [0.2, 0.25) is 0 Å². The minimum atomic E-state index is -0.389. The summed E-state index contributed by atoms with van der Waals surface area (Å²) in [7, 11) is 1.33. The standard InChI is InChI=1S/C17H16N2O3/c1-12-9-10-18-11-15(12)19-16(20)8-5-13-3-6-14(7-4-13)17(21)22-2/h3-11H,1-2H3,(H,19,20). The number of aryl methyl sites for hydroxylation is 1. The number of benzene rings is 1. The summed E-state index contributed by atoms with van der Waals surface area (Å²) in [6, 6.07) is 8.60. The fourth-order valence-corrected chi connectivity index (χ4v) is 1.79. The molecule has 0 spiro atoms. The van der Waals surface area contributed by atoms with Gasteiger partial charge in [0.2, 0.25) is 5.91 Å². The number of aromatic nitrogens is 1. The molecule has 1 aromatic heterocycles. The average Bonchev–Trinajstić information content (AvgIpc) is 2.55. The zero-order valence-corrected chi connectivity index (χ0v) is 12.4. The number of anilines is 1. The molecule has 1 heterocycles. The molecule has 0 saturated heterocycles. The third-order valence-electron chi connectivity index (χ3n) is 3.06. The number of hydrogen-bond acceptors (Lipinski definition) is 4. The van der Waals surface area contributed by atoms with E-state index >= 15 is 0 Å². The van der Waals surface area contributed by atoms with Crippen molar-refractivity contribution in [3.8, 4) is 0 Å². The van der Waals surface area contributed by atoms with Crippen LogP contribution in [0.1, 0.15) is 21.5 Å². The Balaban J connectivity index is 2.01. The van der Waals surface area contributed by atoms with Gasteiger partial charge in [0.1, 0.15) is 0 Å². The van der Waals surface area contributed by atoms with Crippen LogP contribution >= 0.6 is 0 Å². The van der Waals surface area contributed by atoms with Crippen LogP contribution in [0.25, 0.3) is 6.08 Å². The van der Waals surface area contributed by atoms with Crippen LogP contribution in [0.5, 0.6) is 0 Å². The Morgan fingerprint density at radius 1 is 1.18 bits per heavy atom. The Hall–Kier alpha value is -2.95. The molecule has 2 rings (SSSR count). The predicted octanol–water partition coefficient (Wildman–Crippen LogP) is 2.83. The molecule has 0 fully saturated rings. The molecule has 0 unspecified atom stereocenters. The Kier molecular flexibility index (Phi) is 5.03. The van der Waals surface area contributed by atoms with Gasteiger partial charge in [-0.1, -0.05) is 12.1 Å². The summed E-state index contributed by atoms with van der Waals surface area (Å²) >= 11 is 0. The highest BCUT2D eigenvalue weighted by Crippen LogP contribution is 2.12. The molecule has 1 aromatic carbocycles. The largest absolute Gasteiger partial charge is 0.465 e. The Labute approximate surface area is 128 Å². The minimum Gasteiger partial charge on any atom is -0.465 e. The maximum atomic E-state index is 11.9. The molecular weight excluding hydrogens is 280 g/mol. The van der Waals surface area contributed by atoms with Gasteiger partial charge in [0, 0.05) is 12.3 Å². The normalized spacial score (nSPS) is 10.5. The van der Waals surface area contributed by atoms with Gasteiger partial charge in [-0.3, -0.25) is 9.78 Å². The maximum Gasteiger partial charge on any atom is 0.337 e. The molecule has 0 radical (unpaired) electrons. The van der Waals surface area contributed by atoms with Gasteiger partial charge in [-0.2, -0.15) is 0 Å². The van der Waals surface area contributed by atoms with E-state index in [1.807, 2.05) is 13.0 Å². The summed E-state index contributed by atoms with van der Waals surface area (Å²) in [4.78, 5) is 27.1. The highest BCUT2D eigenvalue weighted by molar-refractivity contribution is 6.02. The van der Waals surface area contributed by atoms with Crippen molar-refractivity contribution in [2.75, 3.05) is 12.4 Å². The average molecular weight is 296 g/mol. The lowest BCUT2D eigenvalue weighted by Gasteiger charge is -2.04. The molecule has 2 aromatic rings.